The second-order valence-electron chi connectivity index (χ2n) is 5.45. The molecule has 0 spiro atoms. The molecule has 1 aromatic carbocycles. The zero-order valence-corrected chi connectivity index (χ0v) is 12.8. The number of carbonyl (C=O) groups is 1. The summed E-state index contributed by atoms with van der Waals surface area (Å²) in [6.07, 6.45) is 2.22. The van der Waals surface area contributed by atoms with Crippen molar-refractivity contribution >= 4 is 6.03 Å². The molecular formula is C16H24N2O3. The minimum absolute atomic E-state index is 0.0386. The maximum atomic E-state index is 11.9. The zero-order valence-electron chi connectivity index (χ0n) is 12.8. The maximum Gasteiger partial charge on any atom is 0.317 e. The molecule has 1 aromatic rings. The minimum Gasteiger partial charge on any atom is -0.493 e. The number of amides is 2. The van der Waals surface area contributed by atoms with Crippen LogP contribution >= 0.6 is 0 Å². The first-order chi connectivity index (χ1) is 10.2. The monoisotopic (exact) mass is 292 g/mol. The number of nitrogens with one attached hydrogen (secondary N) is 1. The summed E-state index contributed by atoms with van der Waals surface area (Å²) in [5.74, 6) is 1.70. The first-order valence-corrected chi connectivity index (χ1v) is 7.49. The van der Waals surface area contributed by atoms with Crippen molar-refractivity contribution < 1.29 is 14.3 Å². The molecule has 0 bridgehead atoms. The first kappa shape index (κ1) is 15.5. The highest BCUT2D eigenvalue weighted by molar-refractivity contribution is 5.74. The van der Waals surface area contributed by atoms with Gasteiger partial charge in [-0.3, -0.25) is 0 Å². The molecule has 1 saturated heterocycles. The summed E-state index contributed by atoms with van der Waals surface area (Å²) >= 11 is 0. The van der Waals surface area contributed by atoms with Gasteiger partial charge in [-0.1, -0.05) is 19.1 Å². The summed E-state index contributed by atoms with van der Waals surface area (Å²) in [7, 11) is 1.63. The van der Waals surface area contributed by atoms with Crippen molar-refractivity contribution in [1.29, 1.82) is 0 Å². The molecule has 1 aliphatic rings. The van der Waals surface area contributed by atoms with Gasteiger partial charge in [-0.05, 0) is 25.0 Å². The van der Waals surface area contributed by atoms with E-state index in [2.05, 4.69) is 12.2 Å². The van der Waals surface area contributed by atoms with Crippen LogP contribution in [0.1, 0.15) is 19.8 Å². The Hall–Kier alpha value is -1.91. The maximum absolute atomic E-state index is 11.9. The molecule has 1 unspecified atom stereocenters. The SMILES string of the molecule is COc1ccccc1OCC(C)CNC(=O)N1CCCC1. The summed E-state index contributed by atoms with van der Waals surface area (Å²) in [5, 5.41) is 2.96. The molecule has 21 heavy (non-hydrogen) atoms. The Kier molecular flexibility index (Phi) is 5.72. The predicted molar refractivity (Wildman–Crippen MR) is 81.9 cm³/mol. The van der Waals surface area contributed by atoms with Gasteiger partial charge in [0.2, 0.25) is 0 Å². The van der Waals surface area contributed by atoms with Crippen molar-refractivity contribution in [1.82, 2.24) is 10.2 Å². The van der Waals surface area contributed by atoms with Crippen molar-refractivity contribution in [2.24, 2.45) is 5.92 Å². The van der Waals surface area contributed by atoms with Gasteiger partial charge in [0, 0.05) is 25.6 Å². The van der Waals surface area contributed by atoms with E-state index >= 15 is 0 Å². The molecule has 1 N–H and O–H groups in total. The van der Waals surface area contributed by atoms with Crippen LogP contribution < -0.4 is 14.8 Å². The third-order valence-electron chi connectivity index (χ3n) is 3.59. The van der Waals surface area contributed by atoms with E-state index < -0.39 is 0 Å². The summed E-state index contributed by atoms with van der Waals surface area (Å²) in [5.41, 5.74) is 0. The van der Waals surface area contributed by atoms with Gasteiger partial charge in [-0.25, -0.2) is 4.79 Å². The number of hydrogen-bond donors (Lipinski definition) is 1. The van der Waals surface area contributed by atoms with Crippen LogP contribution in [0.25, 0.3) is 0 Å². The molecule has 5 heteroatoms. The van der Waals surface area contributed by atoms with E-state index in [4.69, 9.17) is 9.47 Å². The third kappa shape index (κ3) is 4.55. The average Bonchev–Trinajstić information content (AvgIpc) is 3.05. The normalized spacial score (nSPS) is 15.6. The number of methoxy groups -OCH3 is 1. The summed E-state index contributed by atoms with van der Waals surface area (Å²) in [4.78, 5) is 13.7. The molecule has 1 heterocycles. The smallest absolute Gasteiger partial charge is 0.317 e. The van der Waals surface area contributed by atoms with Crippen LogP contribution in [-0.2, 0) is 0 Å². The van der Waals surface area contributed by atoms with Gasteiger partial charge in [-0.15, -0.1) is 0 Å². The second-order valence-corrected chi connectivity index (χ2v) is 5.45. The van der Waals surface area contributed by atoms with Crippen LogP contribution in [0.2, 0.25) is 0 Å². The van der Waals surface area contributed by atoms with Crippen LogP contribution in [0, 0.1) is 5.92 Å². The van der Waals surface area contributed by atoms with Crippen LogP contribution in [-0.4, -0.2) is 44.3 Å². The Morgan fingerprint density at radius 3 is 2.62 bits per heavy atom. The van der Waals surface area contributed by atoms with Crippen molar-refractivity contribution in [3.05, 3.63) is 24.3 Å². The van der Waals surface area contributed by atoms with Crippen molar-refractivity contribution in [2.75, 3.05) is 33.4 Å². The summed E-state index contributed by atoms with van der Waals surface area (Å²) in [6.45, 7) is 4.96. The Morgan fingerprint density at radius 1 is 1.29 bits per heavy atom. The average molecular weight is 292 g/mol. The van der Waals surface area contributed by atoms with Gasteiger partial charge in [0.1, 0.15) is 0 Å². The van der Waals surface area contributed by atoms with Crippen molar-refractivity contribution in [2.45, 2.75) is 19.8 Å². The van der Waals surface area contributed by atoms with Gasteiger partial charge in [0.15, 0.2) is 11.5 Å². The number of nitrogens with zero attached hydrogens (tertiary/aromatic N) is 1. The largest absolute Gasteiger partial charge is 0.493 e. The van der Waals surface area contributed by atoms with E-state index in [1.165, 1.54) is 0 Å². The first-order valence-electron chi connectivity index (χ1n) is 7.49. The molecular weight excluding hydrogens is 268 g/mol. The fourth-order valence-corrected chi connectivity index (χ4v) is 2.32. The van der Waals surface area contributed by atoms with E-state index in [0.29, 0.717) is 13.2 Å². The lowest BCUT2D eigenvalue weighted by atomic mass is 10.2. The number of rotatable bonds is 6. The van der Waals surface area contributed by atoms with Crippen LogP contribution in [0.5, 0.6) is 11.5 Å². The molecule has 0 aromatic heterocycles. The highest BCUT2D eigenvalue weighted by Gasteiger charge is 2.18. The topological polar surface area (TPSA) is 50.8 Å². The number of hydrogen-bond acceptors (Lipinski definition) is 3. The van der Waals surface area contributed by atoms with Crippen molar-refractivity contribution in [3.8, 4) is 11.5 Å². The Bertz CT molecular complexity index is 459. The fourth-order valence-electron chi connectivity index (χ4n) is 2.32. The number of benzene rings is 1. The Labute approximate surface area is 126 Å². The lowest BCUT2D eigenvalue weighted by Gasteiger charge is -2.19. The summed E-state index contributed by atoms with van der Waals surface area (Å²) < 4.78 is 11.0. The van der Waals surface area contributed by atoms with E-state index in [1.54, 1.807) is 7.11 Å². The molecule has 2 amide bonds. The molecule has 0 aliphatic carbocycles. The number of ether oxygens (including phenoxy) is 2. The lowest BCUT2D eigenvalue weighted by molar-refractivity contribution is 0.201. The highest BCUT2D eigenvalue weighted by Crippen LogP contribution is 2.26. The van der Waals surface area contributed by atoms with Gasteiger partial charge in [0.25, 0.3) is 0 Å². The van der Waals surface area contributed by atoms with E-state index in [1.807, 2.05) is 29.2 Å². The van der Waals surface area contributed by atoms with Gasteiger partial charge < -0.3 is 19.7 Å². The molecule has 1 aliphatic heterocycles. The molecule has 0 saturated carbocycles. The van der Waals surface area contributed by atoms with Crippen LogP contribution in [0.3, 0.4) is 0 Å². The molecule has 0 radical (unpaired) electrons. The van der Waals surface area contributed by atoms with E-state index in [9.17, 15) is 4.79 Å². The quantitative estimate of drug-likeness (QED) is 0.876. The summed E-state index contributed by atoms with van der Waals surface area (Å²) in [6, 6.07) is 7.61. The third-order valence-corrected chi connectivity index (χ3v) is 3.59. The Morgan fingerprint density at radius 2 is 1.95 bits per heavy atom. The Balaban J connectivity index is 1.71. The van der Waals surface area contributed by atoms with Gasteiger partial charge in [0.05, 0.1) is 13.7 Å². The van der Waals surface area contributed by atoms with Gasteiger partial charge >= 0.3 is 6.03 Å². The fraction of sp³-hybridized carbons (Fsp3) is 0.562. The van der Waals surface area contributed by atoms with Crippen molar-refractivity contribution in [3.63, 3.8) is 0 Å². The number of likely N-dealkylation sites (tertiary alicyclic amines) is 1. The number of urea groups is 1. The van der Waals surface area contributed by atoms with Gasteiger partial charge in [-0.2, -0.15) is 0 Å². The predicted octanol–water partition coefficient (Wildman–Crippen LogP) is 2.52. The lowest BCUT2D eigenvalue weighted by Crippen LogP contribution is -2.40. The van der Waals surface area contributed by atoms with E-state index in [0.717, 1.165) is 37.4 Å². The second kappa shape index (κ2) is 7.76. The molecule has 2 rings (SSSR count). The molecule has 5 nitrogen and oxygen atoms in total. The minimum atomic E-state index is 0.0386. The molecule has 1 fully saturated rings. The standard InChI is InChI=1S/C16H24N2O3/c1-13(11-17-16(19)18-9-5-6-10-18)12-21-15-8-4-3-7-14(15)20-2/h3-4,7-8,13H,5-6,9-12H2,1-2H3,(H,17,19). The van der Waals surface area contributed by atoms with Crippen LogP contribution in [0.15, 0.2) is 24.3 Å². The number of para-hydroxylation sites is 2. The zero-order chi connectivity index (χ0) is 15.1. The molecule has 1 atom stereocenters. The highest BCUT2D eigenvalue weighted by atomic mass is 16.5. The van der Waals surface area contributed by atoms with E-state index in [-0.39, 0.29) is 11.9 Å². The van der Waals surface area contributed by atoms with Crippen LogP contribution in [0.4, 0.5) is 4.79 Å². The molecule has 116 valence electrons. The number of carbonyl (C=O) groups excluding carboxylic acids is 1.